The molecule has 0 saturated carbocycles. The van der Waals surface area contributed by atoms with E-state index in [1.807, 2.05) is 18.3 Å². The lowest BCUT2D eigenvalue weighted by atomic mass is 10.2. The van der Waals surface area contributed by atoms with Gasteiger partial charge in [0.05, 0.1) is 0 Å². The number of aromatic nitrogens is 2. The molecule has 0 aliphatic rings. The van der Waals surface area contributed by atoms with Crippen molar-refractivity contribution in [3.05, 3.63) is 63.6 Å². The highest BCUT2D eigenvalue weighted by atomic mass is 79.9. The summed E-state index contributed by atoms with van der Waals surface area (Å²) in [4.78, 5) is 11.8. The molecule has 0 atom stereocenters. The monoisotopic (exact) mass is 331 g/mol. The van der Waals surface area contributed by atoms with Crippen LogP contribution in [0.4, 0.5) is 5.69 Å². The van der Waals surface area contributed by atoms with Gasteiger partial charge in [0, 0.05) is 52.6 Å². The highest BCUT2D eigenvalue weighted by molar-refractivity contribution is 9.10. The van der Waals surface area contributed by atoms with Crippen LogP contribution in [-0.4, -0.2) is 9.13 Å². The summed E-state index contributed by atoms with van der Waals surface area (Å²) in [6, 6.07) is 11.3. The van der Waals surface area contributed by atoms with Crippen LogP contribution in [0.5, 0.6) is 0 Å². The predicted octanol–water partition coefficient (Wildman–Crippen LogP) is 2.85. The summed E-state index contributed by atoms with van der Waals surface area (Å²) in [7, 11) is 0. The standard InChI is InChI=1S/C15H14BrN3O/c16-13-10-18(14-4-2-1-3-12(13)14)7-8-19-9-11(17)5-6-15(19)20/h1-6,9-10H,7-8,17H2. The van der Waals surface area contributed by atoms with Gasteiger partial charge in [-0.3, -0.25) is 4.79 Å². The average molecular weight is 332 g/mol. The summed E-state index contributed by atoms with van der Waals surface area (Å²) in [6.45, 7) is 1.31. The minimum atomic E-state index is -0.0327. The highest BCUT2D eigenvalue weighted by Gasteiger charge is 2.06. The molecule has 0 fully saturated rings. The molecule has 102 valence electrons. The topological polar surface area (TPSA) is 53.0 Å². The Hall–Kier alpha value is -2.01. The van der Waals surface area contributed by atoms with Gasteiger partial charge in [0.15, 0.2) is 0 Å². The lowest BCUT2D eigenvalue weighted by Gasteiger charge is -2.08. The lowest BCUT2D eigenvalue weighted by molar-refractivity contribution is 0.577. The molecule has 5 heteroatoms. The number of nitrogen functional groups attached to an aromatic ring is 1. The zero-order chi connectivity index (χ0) is 14.1. The van der Waals surface area contributed by atoms with Gasteiger partial charge in [0.2, 0.25) is 0 Å². The molecule has 0 amide bonds. The van der Waals surface area contributed by atoms with Crippen molar-refractivity contribution in [2.45, 2.75) is 13.1 Å². The summed E-state index contributed by atoms with van der Waals surface area (Å²) in [5.41, 5.74) is 7.43. The van der Waals surface area contributed by atoms with E-state index in [4.69, 9.17) is 5.73 Å². The first-order valence-corrected chi connectivity index (χ1v) is 7.14. The zero-order valence-corrected chi connectivity index (χ0v) is 12.4. The molecule has 20 heavy (non-hydrogen) atoms. The fourth-order valence-electron chi connectivity index (χ4n) is 2.33. The summed E-state index contributed by atoms with van der Waals surface area (Å²) < 4.78 is 4.83. The Morgan fingerprint density at radius 3 is 2.60 bits per heavy atom. The van der Waals surface area contributed by atoms with Crippen LogP contribution in [0.3, 0.4) is 0 Å². The van der Waals surface area contributed by atoms with E-state index in [1.165, 1.54) is 11.5 Å². The second-order valence-corrected chi connectivity index (χ2v) is 5.54. The molecule has 3 rings (SSSR count). The van der Waals surface area contributed by atoms with Gasteiger partial charge in [-0.1, -0.05) is 18.2 Å². The second kappa shape index (κ2) is 5.17. The summed E-state index contributed by atoms with van der Waals surface area (Å²) in [6.07, 6.45) is 3.73. The third-order valence-electron chi connectivity index (χ3n) is 3.33. The predicted molar refractivity (Wildman–Crippen MR) is 84.8 cm³/mol. The van der Waals surface area contributed by atoms with Crippen molar-refractivity contribution in [3.63, 3.8) is 0 Å². The lowest BCUT2D eigenvalue weighted by Crippen LogP contribution is -2.21. The molecule has 0 aliphatic heterocycles. The Bertz CT molecular complexity index is 819. The smallest absolute Gasteiger partial charge is 0.250 e. The maximum Gasteiger partial charge on any atom is 0.250 e. The van der Waals surface area contributed by atoms with Crippen LogP contribution < -0.4 is 11.3 Å². The summed E-state index contributed by atoms with van der Waals surface area (Å²) >= 11 is 3.56. The Kier molecular flexibility index (Phi) is 3.36. The number of rotatable bonds is 3. The van der Waals surface area contributed by atoms with Gasteiger partial charge in [-0.25, -0.2) is 0 Å². The molecule has 0 radical (unpaired) electrons. The molecule has 2 heterocycles. The van der Waals surface area contributed by atoms with Gasteiger partial charge in [-0.15, -0.1) is 0 Å². The zero-order valence-electron chi connectivity index (χ0n) is 10.8. The van der Waals surface area contributed by atoms with Crippen LogP contribution >= 0.6 is 15.9 Å². The number of halogens is 1. The van der Waals surface area contributed by atoms with Gasteiger partial charge in [-0.05, 0) is 28.1 Å². The Morgan fingerprint density at radius 1 is 1.00 bits per heavy atom. The molecule has 0 aliphatic carbocycles. The number of hydrogen-bond donors (Lipinski definition) is 1. The number of pyridine rings is 1. The quantitative estimate of drug-likeness (QED) is 0.802. The number of anilines is 1. The number of hydrogen-bond acceptors (Lipinski definition) is 2. The number of fused-ring (bicyclic) bond motifs is 1. The average Bonchev–Trinajstić information content (AvgIpc) is 2.77. The van der Waals surface area contributed by atoms with Crippen molar-refractivity contribution >= 4 is 32.5 Å². The maximum atomic E-state index is 11.8. The van der Waals surface area contributed by atoms with Gasteiger partial charge < -0.3 is 14.9 Å². The van der Waals surface area contributed by atoms with Gasteiger partial charge in [-0.2, -0.15) is 0 Å². The van der Waals surface area contributed by atoms with Crippen LogP contribution in [0.25, 0.3) is 10.9 Å². The first-order valence-electron chi connectivity index (χ1n) is 6.34. The van der Waals surface area contributed by atoms with Crippen LogP contribution in [0.1, 0.15) is 0 Å². The summed E-state index contributed by atoms with van der Waals surface area (Å²) in [5.74, 6) is 0. The first-order chi connectivity index (χ1) is 9.65. The minimum Gasteiger partial charge on any atom is -0.398 e. The van der Waals surface area contributed by atoms with Crippen molar-refractivity contribution in [3.8, 4) is 0 Å². The number of benzene rings is 1. The Morgan fingerprint density at radius 2 is 1.75 bits per heavy atom. The molecular formula is C15H14BrN3O. The second-order valence-electron chi connectivity index (χ2n) is 4.68. The van der Waals surface area contributed by atoms with Crippen LogP contribution in [0, 0.1) is 0 Å². The maximum absolute atomic E-state index is 11.8. The number of para-hydroxylation sites is 1. The molecule has 0 bridgehead atoms. The van der Waals surface area contributed by atoms with Crippen molar-refractivity contribution < 1.29 is 0 Å². The highest BCUT2D eigenvalue weighted by Crippen LogP contribution is 2.25. The van der Waals surface area contributed by atoms with Crippen LogP contribution in [0.15, 0.2) is 58.1 Å². The fraction of sp³-hybridized carbons (Fsp3) is 0.133. The van der Waals surface area contributed by atoms with E-state index in [9.17, 15) is 4.79 Å². The SMILES string of the molecule is Nc1ccc(=O)n(CCn2cc(Br)c3ccccc32)c1. The van der Waals surface area contributed by atoms with Gasteiger partial charge in [0.25, 0.3) is 5.56 Å². The normalized spacial score (nSPS) is 11.1. The number of nitrogens with zero attached hydrogens (tertiary/aromatic N) is 2. The van der Waals surface area contributed by atoms with Crippen molar-refractivity contribution in [2.24, 2.45) is 0 Å². The number of aryl methyl sites for hydroxylation is 2. The van der Waals surface area contributed by atoms with E-state index in [-0.39, 0.29) is 5.56 Å². The van der Waals surface area contributed by atoms with E-state index in [0.717, 1.165) is 16.5 Å². The van der Waals surface area contributed by atoms with E-state index in [0.29, 0.717) is 12.2 Å². The molecule has 2 aromatic heterocycles. The Labute approximate surface area is 124 Å². The van der Waals surface area contributed by atoms with Gasteiger partial charge in [0.1, 0.15) is 0 Å². The van der Waals surface area contributed by atoms with Crippen molar-refractivity contribution in [2.75, 3.05) is 5.73 Å². The van der Waals surface area contributed by atoms with Gasteiger partial charge >= 0.3 is 0 Å². The fourth-order valence-corrected chi connectivity index (χ4v) is 2.91. The molecule has 3 aromatic rings. The third-order valence-corrected chi connectivity index (χ3v) is 3.96. The van der Waals surface area contributed by atoms with Crippen LogP contribution in [-0.2, 0) is 13.1 Å². The molecule has 1 aromatic carbocycles. The molecule has 2 N–H and O–H groups in total. The van der Waals surface area contributed by atoms with Crippen LogP contribution in [0.2, 0.25) is 0 Å². The molecular weight excluding hydrogens is 318 g/mol. The first kappa shape index (κ1) is 13.0. The van der Waals surface area contributed by atoms with E-state index in [1.54, 1.807) is 16.8 Å². The van der Waals surface area contributed by atoms with E-state index in [2.05, 4.69) is 32.6 Å². The van der Waals surface area contributed by atoms with E-state index >= 15 is 0 Å². The molecule has 0 spiro atoms. The summed E-state index contributed by atoms with van der Waals surface area (Å²) in [5, 5.41) is 1.17. The van der Waals surface area contributed by atoms with Crippen molar-refractivity contribution in [1.82, 2.24) is 9.13 Å². The third kappa shape index (κ3) is 2.36. The molecule has 0 unspecified atom stereocenters. The largest absolute Gasteiger partial charge is 0.398 e. The number of nitrogens with two attached hydrogens (primary N) is 1. The molecule has 4 nitrogen and oxygen atoms in total. The van der Waals surface area contributed by atoms with Crippen molar-refractivity contribution in [1.29, 1.82) is 0 Å². The minimum absolute atomic E-state index is 0.0327. The molecule has 0 saturated heterocycles. The van der Waals surface area contributed by atoms with E-state index < -0.39 is 0 Å². The Balaban J connectivity index is 1.91.